The number of hydrogen-bond donors (Lipinski definition) is 0. The Kier molecular flexibility index (Phi) is 5.53. The molecule has 0 bridgehead atoms. The van der Waals surface area contributed by atoms with Crippen molar-refractivity contribution in [3.8, 4) is 11.5 Å². The minimum absolute atomic E-state index is 0.0419. The van der Waals surface area contributed by atoms with E-state index in [-0.39, 0.29) is 11.9 Å². The SMILES string of the molecule is CCC[C@@H](c1ccccn1)N(C)C(=O)c1ccc2c(c1)OCCCO2. The molecular formula is C20H24N2O3. The molecule has 0 spiro atoms. The number of benzene rings is 1. The molecule has 0 saturated heterocycles. The lowest BCUT2D eigenvalue weighted by atomic mass is 10.0. The number of carbonyl (C=O) groups excluding carboxylic acids is 1. The van der Waals surface area contributed by atoms with Crippen LogP contribution >= 0.6 is 0 Å². The third-order valence-electron chi connectivity index (χ3n) is 4.37. The van der Waals surface area contributed by atoms with Crippen LogP contribution in [0.25, 0.3) is 0 Å². The second-order valence-corrected chi connectivity index (χ2v) is 6.19. The summed E-state index contributed by atoms with van der Waals surface area (Å²) in [6.45, 7) is 3.35. The van der Waals surface area contributed by atoms with Gasteiger partial charge in [-0.2, -0.15) is 0 Å². The van der Waals surface area contributed by atoms with Crippen LogP contribution in [-0.4, -0.2) is 36.1 Å². The maximum absolute atomic E-state index is 13.0. The lowest BCUT2D eigenvalue weighted by Gasteiger charge is -2.28. The van der Waals surface area contributed by atoms with Gasteiger partial charge < -0.3 is 14.4 Å². The fourth-order valence-corrected chi connectivity index (χ4v) is 3.03. The number of pyridine rings is 1. The van der Waals surface area contributed by atoms with E-state index in [4.69, 9.17) is 9.47 Å². The van der Waals surface area contributed by atoms with Gasteiger partial charge in [-0.15, -0.1) is 0 Å². The van der Waals surface area contributed by atoms with E-state index < -0.39 is 0 Å². The third kappa shape index (κ3) is 3.92. The molecule has 1 aromatic carbocycles. The van der Waals surface area contributed by atoms with Gasteiger partial charge in [-0.05, 0) is 36.8 Å². The molecule has 1 amide bonds. The number of fused-ring (bicyclic) bond motifs is 1. The summed E-state index contributed by atoms with van der Waals surface area (Å²) < 4.78 is 11.3. The van der Waals surface area contributed by atoms with Gasteiger partial charge in [-0.25, -0.2) is 0 Å². The second kappa shape index (κ2) is 8.01. The molecular weight excluding hydrogens is 316 g/mol. The highest BCUT2D eigenvalue weighted by Gasteiger charge is 2.24. The standard InChI is InChI=1S/C20H24N2O3/c1-3-7-17(16-8-4-5-11-21-16)22(2)20(23)15-9-10-18-19(14-15)25-13-6-12-24-18/h4-5,8-11,14,17H,3,6-7,12-13H2,1-2H3/t17-/m0/s1. The largest absolute Gasteiger partial charge is 0.490 e. The van der Waals surface area contributed by atoms with Gasteiger partial charge in [0.25, 0.3) is 5.91 Å². The molecule has 1 atom stereocenters. The summed E-state index contributed by atoms with van der Waals surface area (Å²) in [6.07, 6.45) is 4.45. The van der Waals surface area contributed by atoms with Gasteiger partial charge in [0, 0.05) is 25.2 Å². The minimum Gasteiger partial charge on any atom is -0.490 e. The first-order valence-corrected chi connectivity index (χ1v) is 8.78. The molecule has 0 saturated carbocycles. The van der Waals surface area contributed by atoms with E-state index in [9.17, 15) is 4.79 Å². The maximum atomic E-state index is 13.0. The monoisotopic (exact) mass is 340 g/mol. The Labute approximate surface area is 148 Å². The van der Waals surface area contributed by atoms with Crippen molar-refractivity contribution in [3.05, 3.63) is 53.9 Å². The number of hydrogen-bond acceptors (Lipinski definition) is 4. The zero-order valence-electron chi connectivity index (χ0n) is 14.8. The highest BCUT2D eigenvalue weighted by atomic mass is 16.5. The summed E-state index contributed by atoms with van der Waals surface area (Å²) in [5.74, 6) is 1.30. The first-order valence-electron chi connectivity index (χ1n) is 8.78. The minimum atomic E-state index is -0.0466. The van der Waals surface area contributed by atoms with Crippen molar-refractivity contribution in [1.82, 2.24) is 9.88 Å². The van der Waals surface area contributed by atoms with Gasteiger partial charge in [-0.3, -0.25) is 9.78 Å². The van der Waals surface area contributed by atoms with Crippen LogP contribution in [0.2, 0.25) is 0 Å². The molecule has 0 radical (unpaired) electrons. The smallest absolute Gasteiger partial charge is 0.254 e. The third-order valence-corrected chi connectivity index (χ3v) is 4.37. The van der Waals surface area contributed by atoms with E-state index in [1.165, 1.54) is 0 Å². The summed E-state index contributed by atoms with van der Waals surface area (Å²) >= 11 is 0. The average Bonchev–Trinajstić information content (AvgIpc) is 2.90. The van der Waals surface area contributed by atoms with E-state index in [0.717, 1.165) is 25.0 Å². The summed E-state index contributed by atoms with van der Waals surface area (Å²) in [5.41, 5.74) is 1.51. The van der Waals surface area contributed by atoms with Gasteiger partial charge in [0.1, 0.15) is 0 Å². The molecule has 5 heteroatoms. The van der Waals surface area contributed by atoms with E-state index in [1.807, 2.05) is 31.3 Å². The van der Waals surface area contributed by atoms with Crippen molar-refractivity contribution < 1.29 is 14.3 Å². The summed E-state index contributed by atoms with van der Waals surface area (Å²) in [7, 11) is 1.83. The number of amides is 1. The van der Waals surface area contributed by atoms with Crippen molar-refractivity contribution in [3.63, 3.8) is 0 Å². The fraction of sp³-hybridized carbons (Fsp3) is 0.400. The molecule has 2 heterocycles. The average molecular weight is 340 g/mol. The molecule has 2 aromatic rings. The molecule has 1 aliphatic rings. The Hall–Kier alpha value is -2.56. The van der Waals surface area contributed by atoms with Crippen molar-refractivity contribution >= 4 is 5.91 Å². The lowest BCUT2D eigenvalue weighted by Crippen LogP contribution is -2.31. The lowest BCUT2D eigenvalue weighted by molar-refractivity contribution is 0.0717. The van der Waals surface area contributed by atoms with Crippen LogP contribution in [0.15, 0.2) is 42.6 Å². The van der Waals surface area contributed by atoms with E-state index in [0.29, 0.717) is 30.3 Å². The number of nitrogens with zero attached hydrogens (tertiary/aromatic N) is 2. The van der Waals surface area contributed by atoms with E-state index in [2.05, 4.69) is 11.9 Å². The number of rotatable bonds is 5. The van der Waals surface area contributed by atoms with Gasteiger partial charge in [0.2, 0.25) is 0 Å². The molecule has 0 unspecified atom stereocenters. The molecule has 5 nitrogen and oxygen atoms in total. The Bertz CT molecular complexity index is 718. The fourth-order valence-electron chi connectivity index (χ4n) is 3.03. The molecule has 0 aliphatic carbocycles. The summed E-state index contributed by atoms with van der Waals surface area (Å²) in [5, 5.41) is 0. The highest BCUT2D eigenvalue weighted by Crippen LogP contribution is 2.32. The highest BCUT2D eigenvalue weighted by molar-refractivity contribution is 5.95. The molecule has 0 fully saturated rings. The van der Waals surface area contributed by atoms with Crippen molar-refractivity contribution in [2.24, 2.45) is 0 Å². The zero-order chi connectivity index (χ0) is 17.6. The topological polar surface area (TPSA) is 51.7 Å². The van der Waals surface area contributed by atoms with Gasteiger partial charge >= 0.3 is 0 Å². The van der Waals surface area contributed by atoms with Crippen LogP contribution < -0.4 is 9.47 Å². The normalized spacial score (nSPS) is 14.5. The summed E-state index contributed by atoms with van der Waals surface area (Å²) in [4.78, 5) is 19.2. The van der Waals surface area contributed by atoms with Crippen molar-refractivity contribution in [1.29, 1.82) is 0 Å². The molecule has 132 valence electrons. The quantitative estimate of drug-likeness (QED) is 0.829. The van der Waals surface area contributed by atoms with Gasteiger partial charge in [0.05, 0.1) is 24.9 Å². The Morgan fingerprint density at radius 2 is 2.00 bits per heavy atom. The van der Waals surface area contributed by atoms with Crippen LogP contribution in [0.5, 0.6) is 11.5 Å². The van der Waals surface area contributed by atoms with Crippen LogP contribution in [0.4, 0.5) is 0 Å². The Balaban J connectivity index is 1.84. The molecule has 0 N–H and O–H groups in total. The van der Waals surface area contributed by atoms with Crippen LogP contribution in [0.1, 0.15) is 48.3 Å². The second-order valence-electron chi connectivity index (χ2n) is 6.19. The van der Waals surface area contributed by atoms with Crippen LogP contribution in [0, 0.1) is 0 Å². The molecule has 1 aromatic heterocycles. The maximum Gasteiger partial charge on any atom is 0.254 e. The van der Waals surface area contributed by atoms with Crippen molar-refractivity contribution in [2.45, 2.75) is 32.2 Å². The van der Waals surface area contributed by atoms with Crippen LogP contribution in [-0.2, 0) is 0 Å². The van der Waals surface area contributed by atoms with Gasteiger partial charge in [-0.1, -0.05) is 19.4 Å². The number of carbonyl (C=O) groups is 1. The number of ether oxygens (including phenoxy) is 2. The molecule has 25 heavy (non-hydrogen) atoms. The molecule has 3 rings (SSSR count). The summed E-state index contributed by atoms with van der Waals surface area (Å²) in [6, 6.07) is 11.2. The number of aromatic nitrogens is 1. The van der Waals surface area contributed by atoms with E-state index >= 15 is 0 Å². The first-order chi connectivity index (χ1) is 12.2. The van der Waals surface area contributed by atoms with Gasteiger partial charge in [0.15, 0.2) is 11.5 Å². The first kappa shape index (κ1) is 17.3. The van der Waals surface area contributed by atoms with E-state index in [1.54, 1.807) is 23.2 Å². The predicted molar refractivity (Wildman–Crippen MR) is 96.0 cm³/mol. The Morgan fingerprint density at radius 3 is 2.72 bits per heavy atom. The van der Waals surface area contributed by atoms with Crippen LogP contribution in [0.3, 0.4) is 0 Å². The predicted octanol–water partition coefficient (Wildman–Crippen LogP) is 3.86. The zero-order valence-corrected chi connectivity index (χ0v) is 14.8. The molecule has 1 aliphatic heterocycles. The van der Waals surface area contributed by atoms with Crippen molar-refractivity contribution in [2.75, 3.05) is 20.3 Å². The Morgan fingerprint density at radius 1 is 1.20 bits per heavy atom.